The second-order valence-electron chi connectivity index (χ2n) is 5.27. The summed E-state index contributed by atoms with van der Waals surface area (Å²) in [6, 6.07) is 17.6. The van der Waals surface area contributed by atoms with Gasteiger partial charge in [-0.1, -0.05) is 48.5 Å². The van der Waals surface area contributed by atoms with Gasteiger partial charge in [-0.25, -0.2) is 0 Å². The average Bonchev–Trinajstić information content (AvgIpc) is 2.48. The SMILES string of the molecule is COCCOc1ccccc1C(C)(O)Cc1ccccc1. The van der Waals surface area contributed by atoms with Gasteiger partial charge in [0.25, 0.3) is 0 Å². The van der Waals surface area contributed by atoms with E-state index in [1.807, 2.05) is 61.5 Å². The van der Waals surface area contributed by atoms with Gasteiger partial charge in [-0.15, -0.1) is 0 Å². The number of para-hydroxylation sites is 1. The van der Waals surface area contributed by atoms with Crippen LogP contribution < -0.4 is 4.74 Å². The van der Waals surface area contributed by atoms with Crippen molar-refractivity contribution in [3.05, 3.63) is 65.7 Å². The highest BCUT2D eigenvalue weighted by Gasteiger charge is 2.27. The maximum atomic E-state index is 10.9. The molecule has 2 rings (SSSR count). The van der Waals surface area contributed by atoms with E-state index < -0.39 is 5.60 Å². The Morgan fingerprint density at radius 3 is 2.33 bits per heavy atom. The van der Waals surface area contributed by atoms with E-state index in [1.54, 1.807) is 7.11 Å². The lowest BCUT2D eigenvalue weighted by Gasteiger charge is -2.26. The highest BCUT2D eigenvalue weighted by molar-refractivity contribution is 5.38. The van der Waals surface area contributed by atoms with Crippen LogP contribution in [0.25, 0.3) is 0 Å². The van der Waals surface area contributed by atoms with Crippen molar-refractivity contribution in [3.8, 4) is 5.75 Å². The quantitative estimate of drug-likeness (QED) is 0.795. The van der Waals surface area contributed by atoms with E-state index in [-0.39, 0.29) is 0 Å². The van der Waals surface area contributed by atoms with Crippen LogP contribution in [0.5, 0.6) is 5.75 Å². The highest BCUT2D eigenvalue weighted by Crippen LogP contribution is 2.32. The maximum absolute atomic E-state index is 10.9. The summed E-state index contributed by atoms with van der Waals surface area (Å²) in [5.74, 6) is 0.704. The Labute approximate surface area is 126 Å². The Balaban J connectivity index is 2.18. The van der Waals surface area contributed by atoms with Gasteiger partial charge in [-0.3, -0.25) is 0 Å². The molecule has 2 aromatic carbocycles. The first-order chi connectivity index (χ1) is 10.1. The van der Waals surface area contributed by atoms with E-state index in [2.05, 4.69) is 0 Å². The van der Waals surface area contributed by atoms with Crippen LogP contribution in [-0.2, 0) is 16.8 Å². The monoisotopic (exact) mass is 286 g/mol. The normalized spacial score (nSPS) is 13.7. The van der Waals surface area contributed by atoms with Crippen LogP contribution >= 0.6 is 0 Å². The first-order valence-corrected chi connectivity index (χ1v) is 7.11. The van der Waals surface area contributed by atoms with E-state index >= 15 is 0 Å². The zero-order valence-corrected chi connectivity index (χ0v) is 12.6. The second-order valence-corrected chi connectivity index (χ2v) is 5.27. The summed E-state index contributed by atoms with van der Waals surface area (Å²) in [7, 11) is 1.64. The van der Waals surface area contributed by atoms with Gasteiger partial charge >= 0.3 is 0 Å². The van der Waals surface area contributed by atoms with Gasteiger partial charge in [0.05, 0.1) is 12.2 Å². The Morgan fingerprint density at radius 2 is 1.62 bits per heavy atom. The third kappa shape index (κ3) is 4.31. The predicted molar refractivity (Wildman–Crippen MR) is 83.5 cm³/mol. The van der Waals surface area contributed by atoms with Crippen LogP contribution in [0.1, 0.15) is 18.1 Å². The molecule has 112 valence electrons. The Bertz CT molecular complexity index is 549. The van der Waals surface area contributed by atoms with Gasteiger partial charge in [0.2, 0.25) is 0 Å². The molecular weight excluding hydrogens is 264 g/mol. The third-order valence-electron chi connectivity index (χ3n) is 3.40. The smallest absolute Gasteiger partial charge is 0.125 e. The molecule has 0 spiro atoms. The van der Waals surface area contributed by atoms with Gasteiger partial charge < -0.3 is 14.6 Å². The fraction of sp³-hybridized carbons (Fsp3) is 0.333. The maximum Gasteiger partial charge on any atom is 0.125 e. The molecule has 21 heavy (non-hydrogen) atoms. The zero-order chi connectivity index (χ0) is 15.1. The van der Waals surface area contributed by atoms with Crippen LogP contribution in [0.3, 0.4) is 0 Å². The molecule has 0 saturated heterocycles. The molecule has 0 aliphatic heterocycles. The number of aliphatic hydroxyl groups is 1. The zero-order valence-electron chi connectivity index (χ0n) is 12.6. The van der Waals surface area contributed by atoms with Crippen molar-refractivity contribution in [1.82, 2.24) is 0 Å². The van der Waals surface area contributed by atoms with Crippen molar-refractivity contribution in [3.63, 3.8) is 0 Å². The molecule has 0 radical (unpaired) electrons. The van der Waals surface area contributed by atoms with Crippen LogP contribution in [0.15, 0.2) is 54.6 Å². The first kappa shape index (κ1) is 15.5. The summed E-state index contributed by atoms with van der Waals surface area (Å²) in [5, 5.41) is 10.9. The Morgan fingerprint density at radius 1 is 0.952 bits per heavy atom. The number of ether oxygens (including phenoxy) is 2. The van der Waals surface area contributed by atoms with E-state index in [0.29, 0.717) is 25.4 Å². The topological polar surface area (TPSA) is 38.7 Å². The second kappa shape index (κ2) is 7.25. The number of hydrogen-bond acceptors (Lipinski definition) is 3. The van der Waals surface area contributed by atoms with Crippen LogP contribution in [0, 0.1) is 0 Å². The summed E-state index contributed by atoms with van der Waals surface area (Å²) in [6.07, 6.45) is 0.540. The number of benzene rings is 2. The van der Waals surface area contributed by atoms with Gasteiger partial charge in [0.15, 0.2) is 0 Å². The average molecular weight is 286 g/mol. The first-order valence-electron chi connectivity index (χ1n) is 7.11. The summed E-state index contributed by atoms with van der Waals surface area (Å²) in [4.78, 5) is 0. The number of hydrogen-bond donors (Lipinski definition) is 1. The fourth-order valence-electron chi connectivity index (χ4n) is 2.36. The van der Waals surface area contributed by atoms with Crippen molar-refractivity contribution in [2.24, 2.45) is 0 Å². The number of methoxy groups -OCH3 is 1. The molecule has 0 aliphatic rings. The van der Waals surface area contributed by atoms with Crippen molar-refractivity contribution < 1.29 is 14.6 Å². The molecule has 0 heterocycles. The third-order valence-corrected chi connectivity index (χ3v) is 3.40. The molecule has 0 bridgehead atoms. The van der Waals surface area contributed by atoms with Crippen LogP contribution in [0.4, 0.5) is 0 Å². The lowest BCUT2D eigenvalue weighted by atomic mass is 9.88. The van der Waals surface area contributed by atoms with Gasteiger partial charge in [-0.05, 0) is 18.6 Å². The summed E-state index contributed by atoms with van der Waals surface area (Å²) in [6.45, 7) is 2.81. The van der Waals surface area contributed by atoms with Crippen LogP contribution in [-0.4, -0.2) is 25.4 Å². The molecule has 1 unspecified atom stereocenters. The Hall–Kier alpha value is -1.84. The lowest BCUT2D eigenvalue weighted by Crippen LogP contribution is -2.25. The number of rotatable bonds is 7. The molecule has 1 atom stereocenters. The molecule has 1 N–H and O–H groups in total. The van der Waals surface area contributed by atoms with E-state index in [0.717, 1.165) is 11.1 Å². The molecule has 3 nitrogen and oxygen atoms in total. The molecule has 3 heteroatoms. The van der Waals surface area contributed by atoms with Crippen molar-refractivity contribution >= 4 is 0 Å². The summed E-state index contributed by atoms with van der Waals surface area (Å²) < 4.78 is 10.7. The van der Waals surface area contributed by atoms with Crippen molar-refractivity contribution in [2.45, 2.75) is 18.9 Å². The largest absolute Gasteiger partial charge is 0.491 e. The molecule has 0 aromatic heterocycles. The molecule has 2 aromatic rings. The molecule has 0 saturated carbocycles. The minimum atomic E-state index is -0.981. The lowest BCUT2D eigenvalue weighted by molar-refractivity contribution is 0.0529. The van der Waals surface area contributed by atoms with Gasteiger partial charge in [0, 0.05) is 19.1 Å². The summed E-state index contributed by atoms with van der Waals surface area (Å²) >= 11 is 0. The molecular formula is C18H22O3. The molecule has 0 aliphatic carbocycles. The fourth-order valence-corrected chi connectivity index (χ4v) is 2.36. The Kier molecular flexibility index (Phi) is 5.37. The van der Waals surface area contributed by atoms with E-state index in [4.69, 9.17) is 9.47 Å². The molecule has 0 fully saturated rings. The molecule has 0 amide bonds. The van der Waals surface area contributed by atoms with Crippen LogP contribution in [0.2, 0.25) is 0 Å². The minimum absolute atomic E-state index is 0.467. The van der Waals surface area contributed by atoms with Crippen molar-refractivity contribution in [1.29, 1.82) is 0 Å². The van der Waals surface area contributed by atoms with Gasteiger partial charge in [-0.2, -0.15) is 0 Å². The van der Waals surface area contributed by atoms with E-state index in [9.17, 15) is 5.11 Å². The minimum Gasteiger partial charge on any atom is -0.491 e. The van der Waals surface area contributed by atoms with E-state index in [1.165, 1.54) is 0 Å². The standard InChI is InChI=1S/C18H22O3/c1-18(19,14-15-8-4-3-5-9-15)16-10-6-7-11-17(16)21-13-12-20-2/h3-11,19H,12-14H2,1-2H3. The predicted octanol–water partition coefficient (Wildman–Crippen LogP) is 3.16. The van der Waals surface area contributed by atoms with Gasteiger partial charge in [0.1, 0.15) is 12.4 Å². The van der Waals surface area contributed by atoms with Crippen molar-refractivity contribution in [2.75, 3.05) is 20.3 Å². The highest BCUT2D eigenvalue weighted by atomic mass is 16.5. The summed E-state index contributed by atoms with van der Waals surface area (Å²) in [5.41, 5.74) is 0.907.